The molecule has 2 aromatic carbocycles. The van der Waals surface area contributed by atoms with Gasteiger partial charge in [0.2, 0.25) is 0 Å². The van der Waals surface area contributed by atoms with Gasteiger partial charge in [0.1, 0.15) is 0 Å². The Morgan fingerprint density at radius 3 is 2.71 bits per heavy atom. The molecule has 0 bridgehead atoms. The molecule has 1 N–H and O–H groups in total. The summed E-state index contributed by atoms with van der Waals surface area (Å²) in [5.41, 5.74) is 2.49. The van der Waals surface area contributed by atoms with Gasteiger partial charge >= 0.3 is 0 Å². The van der Waals surface area contributed by atoms with Gasteiger partial charge in [-0.1, -0.05) is 48.0 Å². The van der Waals surface area contributed by atoms with Crippen LogP contribution >= 0.6 is 11.6 Å². The predicted octanol–water partition coefficient (Wildman–Crippen LogP) is 4.41. The Morgan fingerprint density at radius 1 is 1.14 bits per heavy atom. The topological polar surface area (TPSA) is 15.3 Å². The molecule has 0 aromatic heterocycles. The highest BCUT2D eigenvalue weighted by Gasteiger charge is 2.30. The van der Waals surface area contributed by atoms with E-state index in [0.29, 0.717) is 12.1 Å². The van der Waals surface area contributed by atoms with Gasteiger partial charge in [-0.25, -0.2) is 0 Å². The van der Waals surface area contributed by atoms with Crippen molar-refractivity contribution in [3.8, 4) is 0 Å². The largest absolute Gasteiger partial charge is 0.381 e. The normalized spacial score (nSPS) is 22.4. The summed E-state index contributed by atoms with van der Waals surface area (Å²) in [7, 11) is 0. The zero-order valence-electron chi connectivity index (χ0n) is 12.3. The van der Waals surface area contributed by atoms with Crippen LogP contribution in [0, 0.1) is 0 Å². The molecule has 0 saturated carbocycles. The van der Waals surface area contributed by atoms with Crippen LogP contribution in [0.4, 0.5) is 5.69 Å². The van der Waals surface area contributed by atoms with Crippen LogP contribution in [0.25, 0.3) is 0 Å². The first kappa shape index (κ1) is 14.4. The third-order valence-corrected chi connectivity index (χ3v) is 4.53. The van der Waals surface area contributed by atoms with Crippen molar-refractivity contribution in [2.45, 2.75) is 32.0 Å². The quantitative estimate of drug-likeness (QED) is 0.899. The number of nitrogens with one attached hydrogen (secondary N) is 1. The van der Waals surface area contributed by atoms with Crippen LogP contribution in [0.1, 0.15) is 18.9 Å². The predicted molar refractivity (Wildman–Crippen MR) is 89.8 cm³/mol. The van der Waals surface area contributed by atoms with Gasteiger partial charge in [0, 0.05) is 35.9 Å². The molecule has 3 rings (SSSR count). The molecule has 0 spiro atoms. The third-order valence-electron chi connectivity index (χ3n) is 4.29. The van der Waals surface area contributed by atoms with Gasteiger partial charge in [-0.2, -0.15) is 0 Å². The molecular formula is C18H21ClN2. The number of benzene rings is 2. The fourth-order valence-electron chi connectivity index (χ4n) is 3.03. The first-order valence-electron chi connectivity index (χ1n) is 7.52. The lowest BCUT2D eigenvalue weighted by Crippen LogP contribution is -2.35. The number of nitrogens with zero attached hydrogens (tertiary/aromatic N) is 1. The lowest BCUT2D eigenvalue weighted by Gasteiger charge is -2.25. The van der Waals surface area contributed by atoms with Gasteiger partial charge in [-0.15, -0.1) is 0 Å². The zero-order valence-corrected chi connectivity index (χ0v) is 13.1. The van der Waals surface area contributed by atoms with Crippen molar-refractivity contribution < 1.29 is 0 Å². The summed E-state index contributed by atoms with van der Waals surface area (Å²) in [6.45, 7) is 4.46. The highest BCUT2D eigenvalue weighted by molar-refractivity contribution is 6.30. The van der Waals surface area contributed by atoms with Crippen molar-refractivity contribution in [3.05, 3.63) is 65.2 Å². The average molecular weight is 301 g/mol. The molecule has 1 aliphatic heterocycles. The van der Waals surface area contributed by atoms with Crippen LogP contribution in [0.2, 0.25) is 5.02 Å². The highest BCUT2D eigenvalue weighted by atomic mass is 35.5. The lowest BCUT2D eigenvalue weighted by molar-refractivity contribution is 0.255. The molecular weight excluding hydrogens is 280 g/mol. The van der Waals surface area contributed by atoms with Gasteiger partial charge in [-0.05, 0) is 37.1 Å². The number of halogens is 1. The number of hydrogen-bond donors (Lipinski definition) is 1. The minimum Gasteiger partial charge on any atom is -0.381 e. The summed E-state index contributed by atoms with van der Waals surface area (Å²) in [6.07, 6.45) is 1.17. The molecule has 2 aromatic rings. The maximum Gasteiger partial charge on any atom is 0.0426 e. The van der Waals surface area contributed by atoms with E-state index in [0.717, 1.165) is 23.8 Å². The molecule has 1 aliphatic rings. The van der Waals surface area contributed by atoms with Crippen molar-refractivity contribution >= 4 is 17.3 Å². The first-order valence-corrected chi connectivity index (χ1v) is 7.90. The van der Waals surface area contributed by atoms with Crippen LogP contribution in [-0.2, 0) is 6.54 Å². The fourth-order valence-corrected chi connectivity index (χ4v) is 3.22. The maximum atomic E-state index is 6.05. The van der Waals surface area contributed by atoms with Crippen LogP contribution in [0.5, 0.6) is 0 Å². The van der Waals surface area contributed by atoms with Crippen LogP contribution in [-0.4, -0.2) is 23.5 Å². The SMILES string of the molecule is CC1C(Nc2cccc(Cl)c2)CCN1Cc1ccccc1. The van der Waals surface area contributed by atoms with Crippen molar-refractivity contribution in [2.75, 3.05) is 11.9 Å². The van der Waals surface area contributed by atoms with Gasteiger partial charge in [-0.3, -0.25) is 4.90 Å². The molecule has 21 heavy (non-hydrogen) atoms. The van der Waals surface area contributed by atoms with Crippen LogP contribution in [0.15, 0.2) is 54.6 Å². The average Bonchev–Trinajstić information content (AvgIpc) is 2.82. The lowest BCUT2D eigenvalue weighted by atomic mass is 10.1. The smallest absolute Gasteiger partial charge is 0.0426 e. The summed E-state index contributed by atoms with van der Waals surface area (Å²) in [6, 6.07) is 19.7. The minimum absolute atomic E-state index is 0.479. The number of likely N-dealkylation sites (tertiary alicyclic amines) is 1. The first-order chi connectivity index (χ1) is 10.2. The second-order valence-electron chi connectivity index (χ2n) is 5.75. The van der Waals surface area contributed by atoms with E-state index in [1.54, 1.807) is 0 Å². The molecule has 2 atom stereocenters. The van der Waals surface area contributed by atoms with Gasteiger partial charge in [0.25, 0.3) is 0 Å². The molecule has 110 valence electrons. The van der Waals surface area contributed by atoms with Crippen molar-refractivity contribution in [2.24, 2.45) is 0 Å². The molecule has 1 heterocycles. The Bertz CT molecular complexity index is 585. The summed E-state index contributed by atoms with van der Waals surface area (Å²) >= 11 is 6.05. The number of anilines is 1. The molecule has 0 amide bonds. The maximum absolute atomic E-state index is 6.05. The second kappa shape index (κ2) is 6.50. The Morgan fingerprint density at radius 2 is 1.95 bits per heavy atom. The summed E-state index contributed by atoms with van der Waals surface area (Å²) in [5.74, 6) is 0. The summed E-state index contributed by atoms with van der Waals surface area (Å²) in [4.78, 5) is 2.54. The molecule has 1 saturated heterocycles. The van der Waals surface area contributed by atoms with Gasteiger partial charge in [0.05, 0.1) is 0 Å². The van der Waals surface area contributed by atoms with E-state index in [4.69, 9.17) is 11.6 Å². The molecule has 2 nitrogen and oxygen atoms in total. The van der Waals surface area contributed by atoms with E-state index < -0.39 is 0 Å². The van der Waals surface area contributed by atoms with Crippen molar-refractivity contribution in [1.82, 2.24) is 4.90 Å². The zero-order chi connectivity index (χ0) is 14.7. The van der Waals surface area contributed by atoms with E-state index >= 15 is 0 Å². The van der Waals surface area contributed by atoms with Crippen molar-refractivity contribution in [1.29, 1.82) is 0 Å². The van der Waals surface area contributed by atoms with E-state index in [1.165, 1.54) is 12.0 Å². The fraction of sp³-hybridized carbons (Fsp3) is 0.333. The van der Waals surface area contributed by atoms with Gasteiger partial charge < -0.3 is 5.32 Å². The highest BCUT2D eigenvalue weighted by Crippen LogP contribution is 2.24. The van der Waals surface area contributed by atoms with Crippen LogP contribution < -0.4 is 5.32 Å². The molecule has 2 unspecified atom stereocenters. The van der Waals surface area contributed by atoms with E-state index in [1.807, 2.05) is 18.2 Å². The Hall–Kier alpha value is -1.51. The molecule has 0 radical (unpaired) electrons. The van der Waals surface area contributed by atoms with E-state index in [-0.39, 0.29) is 0 Å². The van der Waals surface area contributed by atoms with Crippen LogP contribution in [0.3, 0.4) is 0 Å². The van der Waals surface area contributed by atoms with E-state index in [2.05, 4.69) is 53.5 Å². The minimum atomic E-state index is 0.479. The molecule has 0 aliphatic carbocycles. The Kier molecular flexibility index (Phi) is 4.47. The number of hydrogen-bond acceptors (Lipinski definition) is 2. The number of rotatable bonds is 4. The monoisotopic (exact) mass is 300 g/mol. The Balaban J connectivity index is 1.62. The second-order valence-corrected chi connectivity index (χ2v) is 6.18. The standard InChI is InChI=1S/C18H21ClN2/c1-14-18(20-17-9-5-8-16(19)12-17)10-11-21(14)13-15-6-3-2-4-7-15/h2-9,12,14,18,20H,10-11,13H2,1H3. The molecule has 1 fully saturated rings. The molecule has 3 heteroatoms. The van der Waals surface area contributed by atoms with Gasteiger partial charge in [0.15, 0.2) is 0 Å². The Labute approximate surface area is 131 Å². The summed E-state index contributed by atoms with van der Waals surface area (Å²) < 4.78 is 0. The third kappa shape index (κ3) is 3.58. The summed E-state index contributed by atoms with van der Waals surface area (Å²) in [5, 5.41) is 4.41. The van der Waals surface area contributed by atoms with E-state index in [9.17, 15) is 0 Å². The van der Waals surface area contributed by atoms with Crippen molar-refractivity contribution in [3.63, 3.8) is 0 Å².